The first kappa shape index (κ1) is 20.2. The molecule has 2 atom stereocenters. The predicted molar refractivity (Wildman–Crippen MR) is 100 cm³/mol. The molecule has 1 aliphatic heterocycles. The van der Waals surface area contributed by atoms with Crippen molar-refractivity contribution in [3.05, 3.63) is 27.2 Å². The average molecular weight is 385 g/mol. The Morgan fingerprint density at radius 3 is 2.69 bits per heavy atom. The number of hydrogen-bond donors (Lipinski definition) is 1. The van der Waals surface area contributed by atoms with Crippen LogP contribution in [0.25, 0.3) is 11.2 Å². The van der Waals surface area contributed by atoms with Crippen LogP contribution in [0.2, 0.25) is 0 Å². The number of halogens is 1. The van der Waals surface area contributed by atoms with Gasteiger partial charge in [-0.2, -0.15) is 0 Å². The minimum atomic E-state index is -0.542. The zero-order valence-corrected chi connectivity index (χ0v) is 16.0. The van der Waals surface area contributed by atoms with Gasteiger partial charge in [-0.3, -0.25) is 14.2 Å². The molecule has 9 nitrogen and oxygen atoms in total. The molecule has 1 aliphatic rings. The van der Waals surface area contributed by atoms with Gasteiger partial charge >= 0.3 is 5.69 Å². The van der Waals surface area contributed by atoms with Gasteiger partial charge in [0.2, 0.25) is 5.91 Å². The van der Waals surface area contributed by atoms with Gasteiger partial charge in [0.15, 0.2) is 11.2 Å². The summed E-state index contributed by atoms with van der Waals surface area (Å²) in [7, 11) is 3.23. The lowest BCUT2D eigenvalue weighted by Crippen LogP contribution is -2.52. The van der Waals surface area contributed by atoms with Crippen molar-refractivity contribution in [3.8, 4) is 0 Å². The maximum absolute atomic E-state index is 12.8. The highest BCUT2D eigenvalue weighted by Crippen LogP contribution is 2.22. The summed E-state index contributed by atoms with van der Waals surface area (Å²) in [6.45, 7) is 2.84. The van der Waals surface area contributed by atoms with Gasteiger partial charge in [0.25, 0.3) is 5.56 Å². The molecule has 0 saturated carbocycles. The Bertz CT molecular complexity index is 930. The molecule has 1 fully saturated rings. The van der Waals surface area contributed by atoms with Crippen molar-refractivity contribution in [1.29, 1.82) is 0 Å². The molecule has 144 valence electrons. The summed E-state index contributed by atoms with van der Waals surface area (Å²) in [5.74, 6) is 0.266. The molecule has 3 rings (SSSR count). The molecule has 2 unspecified atom stereocenters. The fourth-order valence-electron chi connectivity index (χ4n) is 3.57. The van der Waals surface area contributed by atoms with E-state index < -0.39 is 11.2 Å². The number of piperidine rings is 1. The van der Waals surface area contributed by atoms with Crippen LogP contribution in [0.15, 0.2) is 15.9 Å². The van der Waals surface area contributed by atoms with E-state index in [1.54, 1.807) is 23.6 Å². The largest absolute Gasteiger partial charge is 0.337 e. The molecule has 1 amide bonds. The third kappa shape index (κ3) is 3.28. The van der Waals surface area contributed by atoms with E-state index in [1.165, 1.54) is 10.9 Å². The van der Waals surface area contributed by atoms with Gasteiger partial charge in [0, 0.05) is 33.2 Å². The molecule has 0 spiro atoms. The zero-order valence-electron chi connectivity index (χ0n) is 15.2. The van der Waals surface area contributed by atoms with Crippen molar-refractivity contribution in [2.75, 3.05) is 13.1 Å². The number of imidazole rings is 1. The summed E-state index contributed by atoms with van der Waals surface area (Å²) in [5.41, 5.74) is 5.39. The number of rotatable bonds is 3. The van der Waals surface area contributed by atoms with Crippen molar-refractivity contribution in [1.82, 2.24) is 23.6 Å². The van der Waals surface area contributed by atoms with Crippen molar-refractivity contribution in [2.45, 2.75) is 32.4 Å². The Labute approximate surface area is 156 Å². The lowest BCUT2D eigenvalue weighted by atomic mass is 9.92. The molecule has 0 bridgehead atoms. The second-order valence-electron chi connectivity index (χ2n) is 6.87. The van der Waals surface area contributed by atoms with Crippen LogP contribution in [0, 0.1) is 5.92 Å². The Hall–Kier alpha value is -2.13. The van der Waals surface area contributed by atoms with E-state index >= 15 is 0 Å². The number of aromatic nitrogens is 4. The Morgan fingerprint density at radius 1 is 1.35 bits per heavy atom. The summed E-state index contributed by atoms with van der Waals surface area (Å²) in [6, 6.07) is -0.0451. The Kier molecular flexibility index (Phi) is 5.92. The van der Waals surface area contributed by atoms with Crippen molar-refractivity contribution >= 4 is 29.5 Å². The molecule has 0 aromatic carbocycles. The molecule has 2 aromatic heterocycles. The highest BCUT2D eigenvalue weighted by Gasteiger charge is 2.29. The minimum absolute atomic E-state index is 0. The molecule has 0 aliphatic carbocycles. The molecule has 2 N–H and O–H groups in total. The summed E-state index contributed by atoms with van der Waals surface area (Å²) in [6.07, 6.45) is 3.22. The number of amides is 1. The normalized spacial score (nSPS) is 20.2. The van der Waals surface area contributed by atoms with E-state index in [2.05, 4.69) is 11.9 Å². The van der Waals surface area contributed by atoms with Crippen LogP contribution in [0.3, 0.4) is 0 Å². The summed E-state index contributed by atoms with van der Waals surface area (Å²) in [5, 5.41) is 0. The van der Waals surface area contributed by atoms with Crippen molar-refractivity contribution < 1.29 is 4.79 Å². The third-order valence-corrected chi connectivity index (χ3v) is 5.06. The second kappa shape index (κ2) is 7.63. The predicted octanol–water partition coefficient (Wildman–Crippen LogP) is -0.559. The lowest BCUT2D eigenvalue weighted by molar-refractivity contribution is -0.136. The standard InChI is InChI=1S/C16H24N6O3.ClH/c1-10-4-5-21(11(6-10)7-17)12(23)8-22-15(24)13-14(18-9-19(13)2)20(3)16(22)25;/h9-11H,4-8,17H2,1-3H3;1H. The van der Waals surface area contributed by atoms with E-state index in [0.29, 0.717) is 30.2 Å². The zero-order chi connectivity index (χ0) is 18.3. The van der Waals surface area contributed by atoms with Crippen LogP contribution in [0.4, 0.5) is 0 Å². The van der Waals surface area contributed by atoms with Crippen LogP contribution in [0.1, 0.15) is 19.8 Å². The number of carbonyl (C=O) groups excluding carboxylic acids is 1. The van der Waals surface area contributed by atoms with Crippen LogP contribution >= 0.6 is 12.4 Å². The monoisotopic (exact) mass is 384 g/mol. The quantitative estimate of drug-likeness (QED) is 0.763. The number of aryl methyl sites for hydroxylation is 2. The lowest BCUT2D eigenvalue weighted by Gasteiger charge is -2.38. The first-order chi connectivity index (χ1) is 11.8. The third-order valence-electron chi connectivity index (χ3n) is 5.06. The first-order valence-electron chi connectivity index (χ1n) is 8.45. The topological polar surface area (TPSA) is 108 Å². The number of likely N-dealkylation sites (tertiary alicyclic amines) is 1. The second-order valence-corrected chi connectivity index (χ2v) is 6.87. The number of carbonyl (C=O) groups is 1. The highest BCUT2D eigenvalue weighted by molar-refractivity contribution is 5.85. The van der Waals surface area contributed by atoms with Gasteiger partial charge in [-0.15, -0.1) is 12.4 Å². The fraction of sp³-hybridized carbons (Fsp3) is 0.625. The Morgan fingerprint density at radius 2 is 2.04 bits per heavy atom. The van der Waals surface area contributed by atoms with E-state index in [0.717, 1.165) is 17.4 Å². The van der Waals surface area contributed by atoms with Gasteiger partial charge < -0.3 is 15.2 Å². The SMILES string of the molecule is CC1CCN(C(=O)Cn2c(=O)c3c(ncn3C)n(C)c2=O)C(CN)C1.Cl. The van der Waals surface area contributed by atoms with Crippen LogP contribution < -0.4 is 17.0 Å². The minimum Gasteiger partial charge on any atom is -0.337 e. The van der Waals surface area contributed by atoms with Crippen LogP contribution in [-0.4, -0.2) is 48.6 Å². The molecule has 1 saturated heterocycles. The average Bonchev–Trinajstić information content (AvgIpc) is 2.98. The molecule has 2 aromatic rings. The van der Waals surface area contributed by atoms with Gasteiger partial charge in [0.05, 0.1) is 6.33 Å². The molecule has 10 heteroatoms. The molecule has 3 heterocycles. The van der Waals surface area contributed by atoms with E-state index in [9.17, 15) is 14.4 Å². The van der Waals surface area contributed by atoms with Gasteiger partial charge in [-0.05, 0) is 18.8 Å². The molecular formula is C16H25ClN6O3. The maximum atomic E-state index is 12.8. The highest BCUT2D eigenvalue weighted by atomic mass is 35.5. The fourth-order valence-corrected chi connectivity index (χ4v) is 3.57. The van der Waals surface area contributed by atoms with E-state index in [-0.39, 0.29) is 30.9 Å². The molecule has 0 radical (unpaired) electrons. The van der Waals surface area contributed by atoms with Crippen molar-refractivity contribution in [3.63, 3.8) is 0 Å². The molecule has 26 heavy (non-hydrogen) atoms. The molecular weight excluding hydrogens is 360 g/mol. The van der Waals surface area contributed by atoms with Gasteiger partial charge in [0.1, 0.15) is 6.54 Å². The Balaban J connectivity index is 0.00000243. The summed E-state index contributed by atoms with van der Waals surface area (Å²) >= 11 is 0. The number of fused-ring (bicyclic) bond motifs is 1. The van der Waals surface area contributed by atoms with E-state index in [1.807, 2.05) is 0 Å². The maximum Gasteiger partial charge on any atom is 0.332 e. The number of hydrogen-bond acceptors (Lipinski definition) is 5. The summed E-state index contributed by atoms with van der Waals surface area (Å²) < 4.78 is 3.84. The first-order valence-corrected chi connectivity index (χ1v) is 8.45. The number of nitrogens with two attached hydrogens (primary N) is 1. The number of nitrogens with zero attached hydrogens (tertiary/aromatic N) is 5. The smallest absolute Gasteiger partial charge is 0.332 e. The van der Waals surface area contributed by atoms with Gasteiger partial charge in [-0.25, -0.2) is 14.3 Å². The summed E-state index contributed by atoms with van der Waals surface area (Å²) in [4.78, 5) is 43.8. The van der Waals surface area contributed by atoms with Crippen LogP contribution in [0.5, 0.6) is 0 Å². The van der Waals surface area contributed by atoms with Gasteiger partial charge in [-0.1, -0.05) is 6.92 Å². The van der Waals surface area contributed by atoms with E-state index in [4.69, 9.17) is 5.73 Å². The van der Waals surface area contributed by atoms with Crippen LogP contribution in [-0.2, 0) is 25.4 Å². The van der Waals surface area contributed by atoms with Crippen molar-refractivity contribution in [2.24, 2.45) is 25.7 Å².